The van der Waals surface area contributed by atoms with E-state index in [0.29, 0.717) is 26.1 Å². The van der Waals surface area contributed by atoms with Crippen molar-refractivity contribution in [1.82, 2.24) is 19.8 Å². The van der Waals surface area contributed by atoms with Crippen molar-refractivity contribution in [2.75, 3.05) is 19.6 Å². The predicted molar refractivity (Wildman–Crippen MR) is 142 cm³/mol. The Morgan fingerprint density at radius 1 is 1.00 bits per heavy atom. The molecule has 0 spiro atoms. The summed E-state index contributed by atoms with van der Waals surface area (Å²) in [5.74, 6) is 0.995. The summed E-state index contributed by atoms with van der Waals surface area (Å²) in [4.78, 5) is 31.7. The summed E-state index contributed by atoms with van der Waals surface area (Å²) in [6.45, 7) is 11.4. The van der Waals surface area contributed by atoms with Gasteiger partial charge < -0.3 is 14.8 Å². The summed E-state index contributed by atoms with van der Waals surface area (Å²) in [6, 6.07) is 15.9. The Bertz CT molecular complexity index is 1150. The van der Waals surface area contributed by atoms with E-state index in [9.17, 15) is 9.59 Å². The molecule has 0 saturated heterocycles. The van der Waals surface area contributed by atoms with Crippen LogP contribution in [0.3, 0.4) is 0 Å². The van der Waals surface area contributed by atoms with Crippen molar-refractivity contribution in [3.8, 4) is 0 Å². The molecule has 0 radical (unpaired) electrons. The molecule has 6 nitrogen and oxygen atoms in total. The van der Waals surface area contributed by atoms with Crippen LogP contribution in [0.2, 0.25) is 0 Å². The van der Waals surface area contributed by atoms with Crippen LogP contribution in [0.25, 0.3) is 11.0 Å². The largest absolute Gasteiger partial charge is 0.356 e. The van der Waals surface area contributed by atoms with Gasteiger partial charge in [0.1, 0.15) is 12.4 Å². The van der Waals surface area contributed by atoms with Gasteiger partial charge in [-0.2, -0.15) is 0 Å². The standard InChI is InChI=1S/C29H36N4O2/c1-4-19-32(20-5-2)29(35)22-33-26-16-11-10-15-25(26)31-27(33)17-7-6-12-18-30-28(34)21-24-14-9-8-13-23(24)3/h4-5,8-11,13-16H,1-2,6-7,12,17-22H2,3H3,(H,30,34). The zero-order chi connectivity index (χ0) is 25.0. The molecule has 0 bridgehead atoms. The van der Waals surface area contributed by atoms with Gasteiger partial charge >= 0.3 is 0 Å². The molecule has 1 N–H and O–H groups in total. The number of para-hydroxylation sites is 2. The number of carbonyl (C=O) groups excluding carboxylic acids is 2. The lowest BCUT2D eigenvalue weighted by molar-refractivity contribution is -0.130. The van der Waals surface area contributed by atoms with Crippen molar-refractivity contribution in [2.45, 2.75) is 45.6 Å². The van der Waals surface area contributed by atoms with E-state index in [1.54, 1.807) is 17.1 Å². The van der Waals surface area contributed by atoms with Crippen molar-refractivity contribution in [1.29, 1.82) is 0 Å². The quantitative estimate of drug-likeness (QED) is 0.275. The van der Waals surface area contributed by atoms with Crippen LogP contribution in [0.5, 0.6) is 0 Å². The zero-order valence-corrected chi connectivity index (χ0v) is 20.7. The number of carbonyl (C=O) groups is 2. The second kappa shape index (κ2) is 13.3. The second-order valence-corrected chi connectivity index (χ2v) is 8.74. The molecule has 2 amide bonds. The average molecular weight is 473 g/mol. The van der Waals surface area contributed by atoms with E-state index in [1.807, 2.05) is 60.0 Å². The van der Waals surface area contributed by atoms with E-state index in [1.165, 1.54) is 0 Å². The van der Waals surface area contributed by atoms with Crippen molar-refractivity contribution in [3.63, 3.8) is 0 Å². The summed E-state index contributed by atoms with van der Waals surface area (Å²) >= 11 is 0. The number of benzene rings is 2. The molecule has 0 atom stereocenters. The van der Waals surface area contributed by atoms with Crippen molar-refractivity contribution >= 4 is 22.8 Å². The fraction of sp³-hybridized carbons (Fsp3) is 0.345. The maximum atomic E-state index is 13.0. The first kappa shape index (κ1) is 25.9. The first-order valence-electron chi connectivity index (χ1n) is 12.3. The first-order valence-corrected chi connectivity index (χ1v) is 12.3. The van der Waals surface area contributed by atoms with Gasteiger partial charge in [-0.05, 0) is 43.0 Å². The summed E-state index contributed by atoms with van der Waals surface area (Å²) in [5.41, 5.74) is 4.08. The summed E-state index contributed by atoms with van der Waals surface area (Å²) in [6.07, 6.45) is 7.48. The number of unbranched alkanes of at least 4 members (excludes halogenated alkanes) is 2. The highest BCUT2D eigenvalue weighted by atomic mass is 16.2. The Labute approximate surface area is 208 Å². The number of amides is 2. The Morgan fingerprint density at radius 3 is 2.46 bits per heavy atom. The summed E-state index contributed by atoms with van der Waals surface area (Å²) < 4.78 is 2.03. The number of rotatable bonds is 14. The monoisotopic (exact) mass is 472 g/mol. The molecule has 184 valence electrons. The molecule has 1 aromatic heterocycles. The number of nitrogens with one attached hydrogen (secondary N) is 1. The van der Waals surface area contributed by atoms with Gasteiger partial charge in [0.05, 0.1) is 17.5 Å². The van der Waals surface area contributed by atoms with Gasteiger partial charge in [-0.15, -0.1) is 13.2 Å². The van der Waals surface area contributed by atoms with E-state index in [-0.39, 0.29) is 18.4 Å². The van der Waals surface area contributed by atoms with Crippen LogP contribution in [-0.2, 0) is 29.0 Å². The van der Waals surface area contributed by atoms with Crippen LogP contribution in [0.15, 0.2) is 73.8 Å². The minimum Gasteiger partial charge on any atom is -0.356 e. The van der Waals surface area contributed by atoms with Crippen LogP contribution < -0.4 is 5.32 Å². The highest BCUT2D eigenvalue weighted by Gasteiger charge is 2.17. The minimum absolute atomic E-state index is 0.0190. The van der Waals surface area contributed by atoms with Crippen LogP contribution in [0, 0.1) is 6.92 Å². The van der Waals surface area contributed by atoms with E-state index in [2.05, 4.69) is 18.5 Å². The summed E-state index contributed by atoms with van der Waals surface area (Å²) in [7, 11) is 0. The molecule has 1 heterocycles. The fourth-order valence-electron chi connectivity index (χ4n) is 4.17. The first-order chi connectivity index (χ1) is 17.0. The summed E-state index contributed by atoms with van der Waals surface area (Å²) in [5, 5.41) is 3.03. The smallest absolute Gasteiger partial charge is 0.243 e. The zero-order valence-electron chi connectivity index (χ0n) is 20.7. The van der Waals surface area contributed by atoms with Gasteiger partial charge in [-0.3, -0.25) is 9.59 Å². The lowest BCUT2D eigenvalue weighted by Crippen LogP contribution is -2.34. The fourth-order valence-corrected chi connectivity index (χ4v) is 4.17. The molecule has 6 heteroatoms. The topological polar surface area (TPSA) is 67.2 Å². The van der Waals surface area contributed by atoms with Gasteiger partial charge in [0.2, 0.25) is 11.8 Å². The van der Waals surface area contributed by atoms with Gasteiger partial charge in [0.15, 0.2) is 0 Å². The van der Waals surface area contributed by atoms with E-state index < -0.39 is 0 Å². The Balaban J connectivity index is 1.52. The van der Waals surface area contributed by atoms with Gasteiger partial charge in [0.25, 0.3) is 0 Å². The number of imidazole rings is 1. The van der Waals surface area contributed by atoms with Gasteiger partial charge in [-0.25, -0.2) is 4.98 Å². The Hall–Kier alpha value is -3.67. The molecule has 2 aromatic carbocycles. The van der Waals surface area contributed by atoms with Crippen molar-refractivity contribution in [2.24, 2.45) is 0 Å². The number of nitrogens with zero attached hydrogens (tertiary/aromatic N) is 3. The van der Waals surface area contributed by atoms with Crippen LogP contribution in [0.1, 0.15) is 36.2 Å². The van der Waals surface area contributed by atoms with Crippen LogP contribution in [-0.4, -0.2) is 45.9 Å². The molecule has 0 fully saturated rings. The predicted octanol–water partition coefficient (Wildman–Crippen LogP) is 4.62. The molecular weight excluding hydrogens is 436 g/mol. The maximum Gasteiger partial charge on any atom is 0.243 e. The molecule has 35 heavy (non-hydrogen) atoms. The van der Waals surface area contributed by atoms with Crippen LogP contribution in [0.4, 0.5) is 0 Å². The SMILES string of the molecule is C=CCN(CC=C)C(=O)Cn1c(CCCCCNC(=O)Cc2ccccc2C)nc2ccccc21. The minimum atomic E-state index is 0.0190. The molecule has 0 aliphatic rings. The van der Waals surface area contributed by atoms with Crippen molar-refractivity contribution < 1.29 is 9.59 Å². The number of hydrogen-bond donors (Lipinski definition) is 1. The molecule has 0 aliphatic carbocycles. The third-order valence-corrected chi connectivity index (χ3v) is 6.09. The number of aromatic nitrogens is 2. The van der Waals surface area contributed by atoms with E-state index in [0.717, 1.165) is 53.7 Å². The third-order valence-electron chi connectivity index (χ3n) is 6.09. The third kappa shape index (κ3) is 7.41. The van der Waals surface area contributed by atoms with E-state index in [4.69, 9.17) is 4.98 Å². The molecule has 3 rings (SSSR count). The molecule has 3 aromatic rings. The number of hydrogen-bond acceptors (Lipinski definition) is 3. The van der Waals surface area contributed by atoms with Gasteiger partial charge in [-0.1, -0.05) is 55.0 Å². The molecule has 0 unspecified atom stereocenters. The molecular formula is C29H36N4O2. The Kier molecular flexibility index (Phi) is 9.84. The Morgan fingerprint density at radius 2 is 1.71 bits per heavy atom. The number of fused-ring (bicyclic) bond motifs is 1. The lowest BCUT2D eigenvalue weighted by atomic mass is 10.1. The van der Waals surface area contributed by atoms with Gasteiger partial charge in [0, 0.05) is 26.1 Å². The molecule has 0 aliphatic heterocycles. The van der Waals surface area contributed by atoms with Crippen LogP contribution >= 0.6 is 0 Å². The van der Waals surface area contributed by atoms with E-state index >= 15 is 0 Å². The normalized spacial score (nSPS) is 10.8. The highest BCUT2D eigenvalue weighted by molar-refractivity contribution is 5.81. The average Bonchev–Trinajstić information content (AvgIpc) is 3.19. The maximum absolute atomic E-state index is 13.0. The number of aryl methyl sites for hydroxylation is 2. The highest BCUT2D eigenvalue weighted by Crippen LogP contribution is 2.18. The lowest BCUT2D eigenvalue weighted by Gasteiger charge is -2.20. The second-order valence-electron chi connectivity index (χ2n) is 8.74. The van der Waals surface area contributed by atoms with Crippen molar-refractivity contribution in [3.05, 3.63) is 90.8 Å². The molecule has 0 saturated carbocycles.